The Labute approximate surface area is 199 Å². The fraction of sp³-hybridized carbons (Fsp3) is 0.375. The zero-order valence-electron chi connectivity index (χ0n) is 18.5. The van der Waals surface area contributed by atoms with Crippen LogP contribution in [0.2, 0.25) is 0 Å². The molecule has 3 aromatic heterocycles. The predicted octanol–water partition coefficient (Wildman–Crippen LogP) is 3.23. The summed E-state index contributed by atoms with van der Waals surface area (Å²) in [5.41, 5.74) is 14.2. The van der Waals surface area contributed by atoms with Gasteiger partial charge in [0.05, 0.1) is 27.9 Å². The standard InChI is InChI=1S/C24H27BrN6O2/c1-23(8-7-13-3-4-14-10-15(25)21(26)30-16(14)9-13)11-24(2,20(33)19(23)32)18-6-5-17-22(27)28-12-29-31(17)18/h3-6,9-10,12,19-20,32-33H,7-8,11H2,1-2H3,(H2,26,30)(H2,27,28,29)/t19-,20+,23-,24-/m0/s1. The first-order chi connectivity index (χ1) is 15.6. The lowest BCUT2D eigenvalue weighted by Crippen LogP contribution is -2.39. The summed E-state index contributed by atoms with van der Waals surface area (Å²) in [5.74, 6) is 0.841. The fourth-order valence-electron chi connectivity index (χ4n) is 5.43. The second kappa shape index (κ2) is 7.65. The molecule has 4 atom stereocenters. The maximum atomic E-state index is 11.2. The molecular formula is C24H27BrN6O2. The Balaban J connectivity index is 1.42. The van der Waals surface area contributed by atoms with Gasteiger partial charge in [0.25, 0.3) is 0 Å². The Hall–Kier alpha value is -2.75. The van der Waals surface area contributed by atoms with E-state index in [-0.39, 0.29) is 0 Å². The van der Waals surface area contributed by atoms with Gasteiger partial charge in [-0.1, -0.05) is 26.0 Å². The molecule has 0 aliphatic heterocycles. The van der Waals surface area contributed by atoms with E-state index in [1.807, 2.05) is 44.2 Å². The van der Waals surface area contributed by atoms with Gasteiger partial charge in [0.2, 0.25) is 0 Å². The Kier molecular flexibility index (Phi) is 5.11. The maximum absolute atomic E-state index is 11.2. The van der Waals surface area contributed by atoms with Crippen molar-refractivity contribution in [3.8, 4) is 0 Å². The van der Waals surface area contributed by atoms with Crippen LogP contribution in [0.25, 0.3) is 16.4 Å². The van der Waals surface area contributed by atoms with Gasteiger partial charge in [0, 0.05) is 10.8 Å². The number of aliphatic hydroxyl groups excluding tert-OH is 2. The average Bonchev–Trinajstić information content (AvgIpc) is 3.30. The number of benzene rings is 1. The second-order valence-electron chi connectivity index (χ2n) is 9.68. The van der Waals surface area contributed by atoms with Crippen LogP contribution in [0.3, 0.4) is 0 Å². The lowest BCUT2D eigenvalue weighted by Gasteiger charge is -2.29. The molecule has 6 N–H and O–H groups in total. The molecule has 1 aliphatic carbocycles. The van der Waals surface area contributed by atoms with E-state index < -0.39 is 23.0 Å². The zero-order chi connectivity index (χ0) is 23.5. The van der Waals surface area contributed by atoms with Crippen LogP contribution in [0.1, 0.15) is 37.9 Å². The van der Waals surface area contributed by atoms with Crippen molar-refractivity contribution < 1.29 is 10.2 Å². The summed E-state index contributed by atoms with van der Waals surface area (Å²) in [4.78, 5) is 8.52. The van der Waals surface area contributed by atoms with Gasteiger partial charge in [0.1, 0.15) is 17.7 Å². The van der Waals surface area contributed by atoms with Gasteiger partial charge >= 0.3 is 0 Å². The highest BCUT2D eigenvalue weighted by Gasteiger charge is 2.57. The van der Waals surface area contributed by atoms with Gasteiger partial charge in [-0.25, -0.2) is 14.5 Å². The minimum atomic E-state index is -0.938. The highest BCUT2D eigenvalue weighted by atomic mass is 79.9. The Morgan fingerprint density at radius 1 is 1.09 bits per heavy atom. The van der Waals surface area contributed by atoms with Crippen molar-refractivity contribution in [3.05, 3.63) is 58.5 Å². The molecule has 9 heteroatoms. The predicted molar refractivity (Wildman–Crippen MR) is 132 cm³/mol. The van der Waals surface area contributed by atoms with Crippen LogP contribution in [0, 0.1) is 5.41 Å². The summed E-state index contributed by atoms with van der Waals surface area (Å²) in [6.07, 6.45) is 1.65. The van der Waals surface area contributed by atoms with Crippen LogP contribution in [-0.2, 0) is 11.8 Å². The highest BCUT2D eigenvalue weighted by molar-refractivity contribution is 9.10. The molecule has 1 aromatic carbocycles. The van der Waals surface area contributed by atoms with E-state index >= 15 is 0 Å². The molecule has 0 unspecified atom stereocenters. The number of aromatic nitrogens is 4. The third-order valence-corrected chi connectivity index (χ3v) is 7.99. The molecule has 0 saturated heterocycles. The largest absolute Gasteiger partial charge is 0.390 e. The number of rotatable bonds is 4. The number of aryl methyl sites for hydroxylation is 1. The summed E-state index contributed by atoms with van der Waals surface area (Å²) >= 11 is 3.42. The van der Waals surface area contributed by atoms with Crippen LogP contribution in [0.5, 0.6) is 0 Å². The smallest absolute Gasteiger partial charge is 0.151 e. The van der Waals surface area contributed by atoms with E-state index in [2.05, 4.69) is 37.1 Å². The minimum absolute atomic E-state index is 0.383. The second-order valence-corrected chi connectivity index (χ2v) is 10.5. The Bertz CT molecular complexity index is 1370. The number of aliphatic hydroxyl groups is 2. The Morgan fingerprint density at radius 3 is 2.67 bits per heavy atom. The van der Waals surface area contributed by atoms with Crippen molar-refractivity contribution in [2.45, 2.75) is 50.7 Å². The molecular weight excluding hydrogens is 484 g/mol. The number of nitrogen functional groups attached to an aromatic ring is 2. The van der Waals surface area contributed by atoms with E-state index in [0.717, 1.165) is 33.1 Å². The summed E-state index contributed by atoms with van der Waals surface area (Å²) in [6, 6.07) is 11.9. The topological polar surface area (TPSA) is 136 Å². The number of nitrogens with zero attached hydrogens (tertiary/aromatic N) is 4. The third-order valence-electron chi connectivity index (χ3n) is 7.35. The number of nitrogens with two attached hydrogens (primary N) is 2. The molecule has 0 spiro atoms. The molecule has 33 heavy (non-hydrogen) atoms. The quantitative estimate of drug-likeness (QED) is 0.330. The first-order valence-electron chi connectivity index (χ1n) is 10.9. The number of halogens is 1. The van der Waals surface area contributed by atoms with Gasteiger partial charge in [-0.3, -0.25) is 0 Å². The molecule has 4 aromatic rings. The number of pyridine rings is 1. The lowest BCUT2D eigenvalue weighted by molar-refractivity contribution is -0.0295. The van der Waals surface area contributed by atoms with Gasteiger partial charge in [-0.05, 0) is 70.4 Å². The maximum Gasteiger partial charge on any atom is 0.151 e. The van der Waals surface area contributed by atoms with E-state index in [9.17, 15) is 10.2 Å². The highest BCUT2D eigenvalue weighted by Crippen LogP contribution is 2.53. The normalized spacial score (nSPS) is 27.5. The molecule has 172 valence electrons. The summed E-state index contributed by atoms with van der Waals surface area (Å²) in [7, 11) is 0. The molecule has 1 fully saturated rings. The zero-order valence-corrected chi connectivity index (χ0v) is 20.1. The monoisotopic (exact) mass is 510 g/mol. The fourth-order valence-corrected chi connectivity index (χ4v) is 5.76. The van der Waals surface area contributed by atoms with Gasteiger partial charge < -0.3 is 21.7 Å². The van der Waals surface area contributed by atoms with Crippen molar-refractivity contribution in [2.24, 2.45) is 5.41 Å². The summed E-state index contributed by atoms with van der Waals surface area (Å²) in [6.45, 7) is 4.02. The van der Waals surface area contributed by atoms with Crippen molar-refractivity contribution in [1.29, 1.82) is 0 Å². The molecule has 1 aliphatic rings. The van der Waals surface area contributed by atoms with Crippen LogP contribution in [0.15, 0.2) is 47.2 Å². The van der Waals surface area contributed by atoms with E-state index in [4.69, 9.17) is 11.5 Å². The van der Waals surface area contributed by atoms with E-state index in [1.165, 1.54) is 6.33 Å². The van der Waals surface area contributed by atoms with Crippen molar-refractivity contribution in [3.63, 3.8) is 0 Å². The van der Waals surface area contributed by atoms with Crippen molar-refractivity contribution >= 4 is 44.0 Å². The Morgan fingerprint density at radius 2 is 1.88 bits per heavy atom. The number of hydrogen-bond acceptors (Lipinski definition) is 7. The van der Waals surface area contributed by atoms with Gasteiger partial charge in [-0.2, -0.15) is 5.10 Å². The summed E-state index contributed by atoms with van der Waals surface area (Å²) in [5, 5.41) is 27.7. The SMILES string of the molecule is C[C@]1(CCc2ccc3cc(Br)c(N)nc3c2)C[C@@](C)(c2ccc3c(N)ncnn23)[C@H](O)[C@@H]1O. The molecule has 0 amide bonds. The van der Waals surface area contributed by atoms with E-state index in [1.54, 1.807) is 4.52 Å². The summed E-state index contributed by atoms with van der Waals surface area (Å²) < 4.78 is 2.50. The van der Waals surface area contributed by atoms with Gasteiger partial charge in [-0.15, -0.1) is 0 Å². The molecule has 0 bridgehead atoms. The number of fused-ring (bicyclic) bond motifs is 2. The number of anilines is 2. The average molecular weight is 511 g/mol. The lowest BCUT2D eigenvalue weighted by atomic mass is 9.76. The van der Waals surface area contributed by atoms with Crippen LogP contribution >= 0.6 is 15.9 Å². The van der Waals surface area contributed by atoms with Gasteiger partial charge in [0.15, 0.2) is 5.82 Å². The molecule has 0 radical (unpaired) electrons. The number of hydrogen-bond donors (Lipinski definition) is 4. The van der Waals surface area contributed by atoms with Crippen LogP contribution in [0.4, 0.5) is 11.6 Å². The van der Waals surface area contributed by atoms with Crippen LogP contribution in [-0.4, -0.2) is 42.0 Å². The molecule has 5 rings (SSSR count). The molecule has 8 nitrogen and oxygen atoms in total. The first kappa shape index (κ1) is 22.1. The van der Waals surface area contributed by atoms with Crippen molar-refractivity contribution in [1.82, 2.24) is 19.6 Å². The molecule has 1 saturated carbocycles. The molecule has 3 heterocycles. The van der Waals surface area contributed by atoms with Crippen LogP contribution < -0.4 is 11.5 Å². The van der Waals surface area contributed by atoms with Crippen molar-refractivity contribution in [2.75, 3.05) is 11.5 Å². The first-order valence-corrected chi connectivity index (χ1v) is 11.7. The van der Waals surface area contributed by atoms with E-state index in [0.29, 0.717) is 30.0 Å². The minimum Gasteiger partial charge on any atom is -0.390 e. The third kappa shape index (κ3) is 3.46.